The monoisotopic (exact) mass is 242 g/mol. The SMILES string of the molecule is CC(C)OC(=O)CNC1CCC(=O)N(C)C1=O. The Labute approximate surface area is 100 Å². The summed E-state index contributed by atoms with van der Waals surface area (Å²) in [5, 5.41) is 2.81. The van der Waals surface area contributed by atoms with E-state index < -0.39 is 12.0 Å². The van der Waals surface area contributed by atoms with E-state index in [1.165, 1.54) is 7.05 Å². The first-order valence-electron chi connectivity index (χ1n) is 5.65. The van der Waals surface area contributed by atoms with Crippen molar-refractivity contribution in [1.29, 1.82) is 0 Å². The van der Waals surface area contributed by atoms with Gasteiger partial charge < -0.3 is 4.74 Å². The van der Waals surface area contributed by atoms with Gasteiger partial charge in [0, 0.05) is 13.5 Å². The Morgan fingerprint density at radius 3 is 2.76 bits per heavy atom. The summed E-state index contributed by atoms with van der Waals surface area (Å²) in [6.07, 6.45) is 0.575. The van der Waals surface area contributed by atoms with E-state index in [9.17, 15) is 14.4 Å². The maximum atomic E-state index is 11.7. The fraction of sp³-hybridized carbons (Fsp3) is 0.727. The largest absolute Gasteiger partial charge is 0.462 e. The predicted molar refractivity (Wildman–Crippen MR) is 60.0 cm³/mol. The number of ether oxygens (including phenoxy) is 1. The molecule has 1 aliphatic heterocycles. The summed E-state index contributed by atoms with van der Waals surface area (Å²) in [5.74, 6) is -0.872. The summed E-state index contributed by atoms with van der Waals surface area (Å²) < 4.78 is 4.93. The van der Waals surface area contributed by atoms with Crippen LogP contribution in [0, 0.1) is 0 Å². The second kappa shape index (κ2) is 5.77. The number of likely N-dealkylation sites (N-methyl/N-ethyl adjacent to an activating group) is 1. The van der Waals surface area contributed by atoms with Gasteiger partial charge in [-0.15, -0.1) is 0 Å². The van der Waals surface area contributed by atoms with Gasteiger partial charge >= 0.3 is 5.97 Å². The molecular formula is C11H18N2O4. The van der Waals surface area contributed by atoms with Gasteiger partial charge in [-0.1, -0.05) is 0 Å². The number of esters is 1. The first-order valence-corrected chi connectivity index (χ1v) is 5.65. The average molecular weight is 242 g/mol. The number of nitrogens with zero attached hydrogens (tertiary/aromatic N) is 1. The molecule has 0 radical (unpaired) electrons. The van der Waals surface area contributed by atoms with Gasteiger partial charge in [0.05, 0.1) is 18.7 Å². The van der Waals surface area contributed by atoms with Crippen molar-refractivity contribution in [2.75, 3.05) is 13.6 Å². The van der Waals surface area contributed by atoms with Crippen LogP contribution in [0.2, 0.25) is 0 Å². The Kier molecular flexibility index (Phi) is 4.62. The standard InChI is InChI=1S/C11H18N2O4/c1-7(2)17-10(15)6-12-8-4-5-9(14)13(3)11(8)16/h7-8,12H,4-6H2,1-3H3. The van der Waals surface area contributed by atoms with Gasteiger partial charge in [0.15, 0.2) is 0 Å². The van der Waals surface area contributed by atoms with Crippen LogP contribution >= 0.6 is 0 Å². The minimum atomic E-state index is -0.475. The predicted octanol–water partition coefficient (Wildman–Crippen LogP) is -0.325. The summed E-state index contributed by atoms with van der Waals surface area (Å²) >= 11 is 0. The fourth-order valence-electron chi connectivity index (χ4n) is 1.62. The minimum absolute atomic E-state index is 0.0172. The van der Waals surface area contributed by atoms with E-state index in [2.05, 4.69) is 5.32 Å². The van der Waals surface area contributed by atoms with E-state index in [4.69, 9.17) is 4.74 Å². The van der Waals surface area contributed by atoms with Crippen molar-refractivity contribution in [3.05, 3.63) is 0 Å². The van der Waals surface area contributed by atoms with Crippen LogP contribution in [0.15, 0.2) is 0 Å². The number of carbonyl (C=O) groups excluding carboxylic acids is 3. The molecule has 96 valence electrons. The smallest absolute Gasteiger partial charge is 0.320 e. The summed E-state index contributed by atoms with van der Waals surface area (Å²) in [4.78, 5) is 35.2. The molecule has 1 saturated heterocycles. The van der Waals surface area contributed by atoms with Crippen LogP contribution in [0.4, 0.5) is 0 Å². The molecule has 0 bridgehead atoms. The molecular weight excluding hydrogens is 224 g/mol. The van der Waals surface area contributed by atoms with Crippen LogP contribution < -0.4 is 5.32 Å². The van der Waals surface area contributed by atoms with Gasteiger partial charge in [-0.05, 0) is 20.3 Å². The van der Waals surface area contributed by atoms with Crippen molar-refractivity contribution >= 4 is 17.8 Å². The lowest BCUT2D eigenvalue weighted by Crippen LogP contribution is -2.52. The van der Waals surface area contributed by atoms with E-state index in [0.29, 0.717) is 12.8 Å². The van der Waals surface area contributed by atoms with Gasteiger partial charge in [0.2, 0.25) is 11.8 Å². The summed E-state index contributed by atoms with van der Waals surface area (Å²) in [6, 6.07) is -0.475. The van der Waals surface area contributed by atoms with E-state index in [0.717, 1.165) is 4.90 Å². The highest BCUT2D eigenvalue weighted by atomic mass is 16.5. The Balaban J connectivity index is 2.40. The van der Waals surface area contributed by atoms with Crippen LogP contribution in [-0.4, -0.2) is 48.4 Å². The molecule has 6 nitrogen and oxygen atoms in total. The molecule has 1 rings (SSSR count). The molecule has 1 aliphatic rings. The Hall–Kier alpha value is -1.43. The highest BCUT2D eigenvalue weighted by Gasteiger charge is 2.31. The Bertz CT molecular complexity index is 327. The molecule has 1 N–H and O–H groups in total. The topological polar surface area (TPSA) is 75.7 Å². The van der Waals surface area contributed by atoms with Gasteiger partial charge in [0.1, 0.15) is 0 Å². The van der Waals surface area contributed by atoms with Crippen LogP contribution in [0.1, 0.15) is 26.7 Å². The minimum Gasteiger partial charge on any atom is -0.462 e. The zero-order chi connectivity index (χ0) is 13.0. The van der Waals surface area contributed by atoms with Crippen molar-refractivity contribution in [1.82, 2.24) is 10.2 Å². The summed E-state index contributed by atoms with van der Waals surface area (Å²) in [6.45, 7) is 3.50. The molecule has 17 heavy (non-hydrogen) atoms. The molecule has 1 atom stereocenters. The van der Waals surface area contributed by atoms with Gasteiger partial charge in [0.25, 0.3) is 0 Å². The van der Waals surface area contributed by atoms with Gasteiger partial charge in [-0.3, -0.25) is 24.6 Å². The van der Waals surface area contributed by atoms with Crippen molar-refractivity contribution in [2.24, 2.45) is 0 Å². The normalized spacial score (nSPS) is 20.9. The zero-order valence-electron chi connectivity index (χ0n) is 10.4. The fourth-order valence-corrected chi connectivity index (χ4v) is 1.62. The first kappa shape index (κ1) is 13.6. The van der Waals surface area contributed by atoms with Crippen LogP contribution in [-0.2, 0) is 19.1 Å². The third kappa shape index (κ3) is 3.81. The zero-order valence-corrected chi connectivity index (χ0v) is 10.4. The number of nitrogens with one attached hydrogen (secondary N) is 1. The van der Waals surface area contributed by atoms with Gasteiger partial charge in [-0.2, -0.15) is 0 Å². The molecule has 1 fully saturated rings. The molecule has 0 aromatic heterocycles. The lowest BCUT2D eigenvalue weighted by molar-refractivity contribution is -0.148. The molecule has 0 saturated carbocycles. The number of amides is 2. The molecule has 1 unspecified atom stereocenters. The Morgan fingerprint density at radius 1 is 1.53 bits per heavy atom. The number of piperidine rings is 1. The number of carbonyl (C=O) groups is 3. The van der Waals surface area contributed by atoms with Crippen LogP contribution in [0.3, 0.4) is 0 Å². The molecule has 0 aromatic rings. The molecule has 1 heterocycles. The Morgan fingerprint density at radius 2 is 2.18 bits per heavy atom. The quantitative estimate of drug-likeness (QED) is 0.540. The second-order valence-corrected chi connectivity index (χ2v) is 4.30. The van der Waals surface area contributed by atoms with Gasteiger partial charge in [-0.25, -0.2) is 0 Å². The average Bonchev–Trinajstić information content (AvgIpc) is 2.24. The van der Waals surface area contributed by atoms with E-state index in [1.807, 2.05) is 0 Å². The maximum absolute atomic E-state index is 11.7. The van der Waals surface area contributed by atoms with Crippen molar-refractivity contribution < 1.29 is 19.1 Å². The lowest BCUT2D eigenvalue weighted by atomic mass is 10.0. The second-order valence-electron chi connectivity index (χ2n) is 4.30. The van der Waals surface area contributed by atoms with E-state index in [1.54, 1.807) is 13.8 Å². The summed E-state index contributed by atoms with van der Waals surface area (Å²) in [5.41, 5.74) is 0. The molecule has 0 aromatic carbocycles. The molecule has 6 heteroatoms. The van der Waals surface area contributed by atoms with Crippen LogP contribution in [0.5, 0.6) is 0 Å². The maximum Gasteiger partial charge on any atom is 0.320 e. The van der Waals surface area contributed by atoms with E-state index >= 15 is 0 Å². The highest BCUT2D eigenvalue weighted by Crippen LogP contribution is 2.11. The summed E-state index contributed by atoms with van der Waals surface area (Å²) in [7, 11) is 1.45. The van der Waals surface area contributed by atoms with E-state index in [-0.39, 0.29) is 24.5 Å². The highest BCUT2D eigenvalue weighted by molar-refractivity contribution is 6.00. The van der Waals surface area contributed by atoms with Crippen molar-refractivity contribution in [3.63, 3.8) is 0 Å². The number of hydrogen-bond donors (Lipinski definition) is 1. The molecule has 0 aliphatic carbocycles. The lowest BCUT2D eigenvalue weighted by Gasteiger charge is -2.28. The van der Waals surface area contributed by atoms with Crippen molar-refractivity contribution in [2.45, 2.75) is 38.8 Å². The molecule has 0 spiro atoms. The molecule has 2 amide bonds. The number of hydrogen-bond acceptors (Lipinski definition) is 5. The number of imide groups is 1. The van der Waals surface area contributed by atoms with Crippen molar-refractivity contribution in [3.8, 4) is 0 Å². The van der Waals surface area contributed by atoms with Crippen LogP contribution in [0.25, 0.3) is 0 Å². The number of rotatable bonds is 4. The first-order chi connectivity index (χ1) is 7.91. The number of likely N-dealkylation sites (tertiary alicyclic amines) is 1. The third-order valence-corrected chi connectivity index (χ3v) is 2.51. The third-order valence-electron chi connectivity index (χ3n) is 2.51.